The third-order valence-corrected chi connectivity index (χ3v) is 3.85. The van der Waals surface area contributed by atoms with Gasteiger partial charge in [-0.3, -0.25) is 4.79 Å². The molecule has 26 heavy (non-hydrogen) atoms. The fourth-order valence-corrected chi connectivity index (χ4v) is 2.32. The summed E-state index contributed by atoms with van der Waals surface area (Å²) in [6.45, 7) is 1.47. The maximum absolute atomic E-state index is 12.2. The molecule has 0 aliphatic carbocycles. The van der Waals surface area contributed by atoms with Crippen molar-refractivity contribution in [2.75, 3.05) is 12.4 Å². The number of hydrogen-bond donors (Lipinski definition) is 1. The Kier molecular flexibility index (Phi) is 7.06. The maximum atomic E-state index is 12.2. The Bertz CT molecular complexity index is 819. The molecule has 0 aliphatic heterocycles. The molecule has 1 amide bonds. The van der Waals surface area contributed by atoms with Gasteiger partial charge in [0.05, 0.1) is 12.8 Å². The molecule has 0 aliphatic rings. The molecule has 0 fully saturated rings. The summed E-state index contributed by atoms with van der Waals surface area (Å²) in [6.07, 6.45) is 1.82. The van der Waals surface area contributed by atoms with E-state index in [1.54, 1.807) is 48.5 Å². The lowest BCUT2D eigenvalue weighted by Crippen LogP contribution is -2.29. The van der Waals surface area contributed by atoms with Crippen LogP contribution in [0.3, 0.4) is 0 Å². The summed E-state index contributed by atoms with van der Waals surface area (Å²) >= 11 is 11.7. The zero-order chi connectivity index (χ0) is 19.1. The molecule has 1 atom stereocenters. The molecule has 0 unspecified atom stereocenters. The van der Waals surface area contributed by atoms with E-state index in [-0.39, 0.29) is 0 Å². The van der Waals surface area contributed by atoms with E-state index in [0.717, 1.165) is 5.56 Å². The topological polar surface area (TPSA) is 64.6 Å². The van der Waals surface area contributed by atoms with Gasteiger partial charge >= 0.3 is 5.97 Å². The molecule has 7 heteroatoms. The van der Waals surface area contributed by atoms with Crippen LogP contribution in [0, 0.1) is 0 Å². The van der Waals surface area contributed by atoms with Gasteiger partial charge in [0, 0.05) is 16.1 Å². The number of carbonyl (C=O) groups excluding carboxylic acids is 2. The lowest BCUT2D eigenvalue weighted by Gasteiger charge is -2.14. The molecule has 2 rings (SSSR count). The summed E-state index contributed by atoms with van der Waals surface area (Å²) < 4.78 is 10.3. The van der Waals surface area contributed by atoms with Crippen molar-refractivity contribution in [3.63, 3.8) is 0 Å². The number of nitrogens with one attached hydrogen (secondary N) is 1. The van der Waals surface area contributed by atoms with Crippen LogP contribution in [0.2, 0.25) is 10.0 Å². The normalized spacial score (nSPS) is 11.8. The van der Waals surface area contributed by atoms with Gasteiger partial charge in [-0.2, -0.15) is 0 Å². The van der Waals surface area contributed by atoms with Crippen molar-refractivity contribution >= 4 is 46.8 Å². The Morgan fingerprint density at radius 1 is 1.08 bits per heavy atom. The highest BCUT2D eigenvalue weighted by molar-refractivity contribution is 6.31. The van der Waals surface area contributed by atoms with E-state index in [4.69, 9.17) is 32.7 Å². The van der Waals surface area contributed by atoms with Crippen molar-refractivity contribution < 1.29 is 19.1 Å². The molecule has 0 heterocycles. The fraction of sp³-hybridized carbons (Fsp3) is 0.158. The van der Waals surface area contributed by atoms with Gasteiger partial charge < -0.3 is 14.8 Å². The molecule has 0 radical (unpaired) electrons. The average molecular weight is 394 g/mol. The van der Waals surface area contributed by atoms with Gasteiger partial charge in [-0.1, -0.05) is 35.3 Å². The van der Waals surface area contributed by atoms with E-state index in [9.17, 15) is 9.59 Å². The highest BCUT2D eigenvalue weighted by Gasteiger charge is 2.18. The number of amides is 1. The van der Waals surface area contributed by atoms with Gasteiger partial charge in [-0.25, -0.2) is 4.79 Å². The second kappa shape index (κ2) is 9.27. The van der Waals surface area contributed by atoms with E-state index in [1.807, 2.05) is 0 Å². The first-order chi connectivity index (χ1) is 12.4. The standard InChI is InChI=1S/C19H17Cl2NO4/c1-12(19(24)22-16-11-15(21)8-9-17(16)25-2)26-18(23)10-5-13-3-6-14(20)7-4-13/h3-12H,1-2H3,(H,22,24)/b10-5+/t12-/m1/s1. The molecule has 2 aromatic rings. The first-order valence-corrected chi connectivity index (χ1v) is 8.43. The quantitative estimate of drug-likeness (QED) is 0.575. The molecule has 0 bridgehead atoms. The number of carbonyl (C=O) groups is 2. The van der Waals surface area contributed by atoms with Crippen LogP contribution in [0.5, 0.6) is 5.75 Å². The minimum Gasteiger partial charge on any atom is -0.495 e. The van der Waals surface area contributed by atoms with Crippen LogP contribution in [-0.4, -0.2) is 25.1 Å². The third kappa shape index (κ3) is 5.79. The summed E-state index contributed by atoms with van der Waals surface area (Å²) in [5, 5.41) is 3.67. The van der Waals surface area contributed by atoms with E-state index in [2.05, 4.69) is 5.32 Å². The number of halogens is 2. The molecule has 136 valence electrons. The van der Waals surface area contributed by atoms with E-state index in [0.29, 0.717) is 21.5 Å². The molecule has 2 aromatic carbocycles. The predicted molar refractivity (Wildman–Crippen MR) is 103 cm³/mol. The molecule has 5 nitrogen and oxygen atoms in total. The number of ether oxygens (including phenoxy) is 2. The van der Waals surface area contributed by atoms with Gasteiger partial charge in [0.1, 0.15) is 5.75 Å². The third-order valence-electron chi connectivity index (χ3n) is 3.36. The van der Waals surface area contributed by atoms with E-state index < -0.39 is 18.0 Å². The van der Waals surface area contributed by atoms with Gasteiger partial charge in [0.2, 0.25) is 0 Å². The Morgan fingerprint density at radius 3 is 2.38 bits per heavy atom. The Labute approximate surface area is 161 Å². The number of esters is 1. The summed E-state index contributed by atoms with van der Waals surface area (Å²) in [6, 6.07) is 11.8. The first kappa shape index (κ1) is 19.8. The van der Waals surface area contributed by atoms with Crippen molar-refractivity contribution in [2.45, 2.75) is 13.0 Å². The van der Waals surface area contributed by atoms with Gasteiger partial charge in [-0.15, -0.1) is 0 Å². The molecule has 0 saturated heterocycles. The molecule has 0 saturated carbocycles. The van der Waals surface area contributed by atoms with E-state index >= 15 is 0 Å². The van der Waals surface area contributed by atoms with Crippen molar-refractivity contribution in [2.24, 2.45) is 0 Å². The van der Waals surface area contributed by atoms with Crippen LogP contribution in [0.1, 0.15) is 12.5 Å². The monoisotopic (exact) mass is 393 g/mol. The van der Waals surface area contributed by atoms with E-state index in [1.165, 1.54) is 20.1 Å². The highest BCUT2D eigenvalue weighted by atomic mass is 35.5. The van der Waals surface area contributed by atoms with Gasteiger partial charge in [0.15, 0.2) is 6.10 Å². The van der Waals surface area contributed by atoms with Crippen LogP contribution >= 0.6 is 23.2 Å². The Balaban J connectivity index is 1.95. The summed E-state index contributed by atoms with van der Waals surface area (Å²) in [5.41, 5.74) is 1.18. The molecule has 0 spiro atoms. The highest BCUT2D eigenvalue weighted by Crippen LogP contribution is 2.27. The fourth-order valence-electron chi connectivity index (χ4n) is 2.02. The van der Waals surface area contributed by atoms with Crippen molar-refractivity contribution in [3.8, 4) is 5.75 Å². The maximum Gasteiger partial charge on any atom is 0.331 e. The van der Waals surface area contributed by atoms with Crippen LogP contribution < -0.4 is 10.1 Å². The number of hydrogen-bond acceptors (Lipinski definition) is 4. The van der Waals surface area contributed by atoms with Gasteiger partial charge in [0.25, 0.3) is 5.91 Å². The van der Waals surface area contributed by atoms with Crippen LogP contribution in [0.25, 0.3) is 6.08 Å². The molecule has 1 N–H and O–H groups in total. The minimum absolute atomic E-state index is 0.393. The zero-order valence-corrected chi connectivity index (χ0v) is 15.7. The zero-order valence-electron chi connectivity index (χ0n) is 14.2. The first-order valence-electron chi connectivity index (χ1n) is 7.67. The summed E-state index contributed by atoms with van der Waals surface area (Å²) in [4.78, 5) is 24.1. The molecular formula is C19H17Cl2NO4. The Hall–Kier alpha value is -2.50. The molecular weight excluding hydrogens is 377 g/mol. The predicted octanol–water partition coefficient (Wildman–Crippen LogP) is 4.59. The smallest absolute Gasteiger partial charge is 0.331 e. The number of methoxy groups -OCH3 is 1. The van der Waals surface area contributed by atoms with Crippen molar-refractivity contribution in [1.82, 2.24) is 0 Å². The Morgan fingerprint density at radius 2 is 1.73 bits per heavy atom. The average Bonchev–Trinajstić information content (AvgIpc) is 2.61. The second-order valence-corrected chi connectivity index (χ2v) is 6.17. The van der Waals surface area contributed by atoms with Crippen LogP contribution in [0.15, 0.2) is 48.5 Å². The minimum atomic E-state index is -0.999. The van der Waals surface area contributed by atoms with Crippen LogP contribution in [-0.2, 0) is 14.3 Å². The number of anilines is 1. The lowest BCUT2D eigenvalue weighted by molar-refractivity contribution is -0.148. The molecule has 0 aromatic heterocycles. The summed E-state index contributed by atoms with van der Waals surface area (Å²) in [7, 11) is 1.48. The van der Waals surface area contributed by atoms with Gasteiger partial charge in [-0.05, 0) is 48.9 Å². The summed E-state index contributed by atoms with van der Waals surface area (Å²) in [5.74, 6) is -0.691. The number of benzene rings is 2. The van der Waals surface area contributed by atoms with Crippen molar-refractivity contribution in [3.05, 3.63) is 64.1 Å². The second-order valence-electron chi connectivity index (χ2n) is 5.30. The number of rotatable bonds is 6. The van der Waals surface area contributed by atoms with Crippen LogP contribution in [0.4, 0.5) is 5.69 Å². The van der Waals surface area contributed by atoms with Crippen molar-refractivity contribution in [1.29, 1.82) is 0 Å². The SMILES string of the molecule is COc1ccc(Cl)cc1NC(=O)[C@@H](C)OC(=O)/C=C/c1ccc(Cl)cc1. The largest absolute Gasteiger partial charge is 0.495 e. The lowest BCUT2D eigenvalue weighted by atomic mass is 10.2.